The van der Waals surface area contributed by atoms with Crippen LogP contribution in [0.25, 0.3) is 0 Å². The quantitative estimate of drug-likeness (QED) is 0.824. The Morgan fingerprint density at radius 3 is 2.71 bits per heavy atom. The molecule has 1 fully saturated rings. The van der Waals surface area contributed by atoms with E-state index in [-0.39, 0.29) is 5.91 Å². The van der Waals surface area contributed by atoms with Crippen molar-refractivity contribution in [2.24, 2.45) is 5.92 Å². The molecule has 0 aliphatic carbocycles. The number of hydrogen-bond donors (Lipinski definition) is 2. The third kappa shape index (κ3) is 4.17. The third-order valence-corrected chi connectivity index (χ3v) is 4.39. The molecule has 2 rings (SSSR count). The van der Waals surface area contributed by atoms with Gasteiger partial charge in [-0.3, -0.25) is 14.5 Å². The SMILES string of the molecule is COc1ccc(OC)c(NC(=O)C(C)N2CCCC(C(=O)O)C2)c1. The Bertz CT molecular complexity index is 605. The van der Waals surface area contributed by atoms with E-state index in [2.05, 4.69) is 5.32 Å². The fourth-order valence-corrected chi connectivity index (χ4v) is 2.87. The predicted molar refractivity (Wildman–Crippen MR) is 89.6 cm³/mol. The van der Waals surface area contributed by atoms with Crippen molar-refractivity contribution in [3.05, 3.63) is 18.2 Å². The molecule has 1 heterocycles. The van der Waals surface area contributed by atoms with Crippen LogP contribution in [-0.4, -0.2) is 55.2 Å². The van der Waals surface area contributed by atoms with Gasteiger partial charge in [0.15, 0.2) is 0 Å². The van der Waals surface area contributed by atoms with Crippen LogP contribution in [0.15, 0.2) is 18.2 Å². The molecule has 24 heavy (non-hydrogen) atoms. The lowest BCUT2D eigenvalue weighted by Gasteiger charge is -2.34. The summed E-state index contributed by atoms with van der Waals surface area (Å²) in [4.78, 5) is 25.6. The van der Waals surface area contributed by atoms with Crippen LogP contribution in [0.5, 0.6) is 11.5 Å². The maximum atomic E-state index is 12.6. The molecule has 0 saturated carbocycles. The Morgan fingerprint density at radius 2 is 2.08 bits per heavy atom. The molecule has 1 amide bonds. The van der Waals surface area contributed by atoms with Gasteiger partial charge in [-0.25, -0.2) is 0 Å². The van der Waals surface area contributed by atoms with Crippen molar-refractivity contribution in [2.45, 2.75) is 25.8 Å². The van der Waals surface area contributed by atoms with E-state index < -0.39 is 17.9 Å². The van der Waals surface area contributed by atoms with Crippen molar-refractivity contribution >= 4 is 17.6 Å². The minimum Gasteiger partial charge on any atom is -0.497 e. The minimum absolute atomic E-state index is 0.201. The molecule has 7 nitrogen and oxygen atoms in total. The number of nitrogens with one attached hydrogen (secondary N) is 1. The van der Waals surface area contributed by atoms with Gasteiger partial charge in [-0.2, -0.15) is 0 Å². The number of carbonyl (C=O) groups is 2. The average Bonchev–Trinajstić information content (AvgIpc) is 2.60. The number of piperidine rings is 1. The predicted octanol–water partition coefficient (Wildman–Crippen LogP) is 1.83. The summed E-state index contributed by atoms with van der Waals surface area (Å²) in [5, 5.41) is 12.0. The lowest BCUT2D eigenvalue weighted by molar-refractivity contribution is -0.144. The number of amides is 1. The smallest absolute Gasteiger partial charge is 0.307 e. The molecule has 1 aliphatic heterocycles. The zero-order chi connectivity index (χ0) is 17.7. The highest BCUT2D eigenvalue weighted by Gasteiger charge is 2.30. The van der Waals surface area contributed by atoms with E-state index in [4.69, 9.17) is 9.47 Å². The van der Waals surface area contributed by atoms with Crippen LogP contribution in [0, 0.1) is 5.92 Å². The molecule has 0 bridgehead atoms. The molecule has 2 atom stereocenters. The first-order valence-electron chi connectivity index (χ1n) is 7.96. The van der Waals surface area contributed by atoms with Crippen LogP contribution >= 0.6 is 0 Å². The van der Waals surface area contributed by atoms with Crippen LogP contribution in [0.1, 0.15) is 19.8 Å². The molecule has 2 N–H and O–H groups in total. The summed E-state index contributed by atoms with van der Waals surface area (Å²) in [5.41, 5.74) is 0.528. The number of benzene rings is 1. The lowest BCUT2D eigenvalue weighted by atomic mass is 9.97. The zero-order valence-electron chi connectivity index (χ0n) is 14.2. The number of anilines is 1. The maximum absolute atomic E-state index is 12.6. The Labute approximate surface area is 141 Å². The Morgan fingerprint density at radius 1 is 1.33 bits per heavy atom. The van der Waals surface area contributed by atoms with Gasteiger partial charge in [0.25, 0.3) is 0 Å². The van der Waals surface area contributed by atoms with Gasteiger partial charge in [0.2, 0.25) is 5.91 Å². The minimum atomic E-state index is -0.804. The second-order valence-corrected chi connectivity index (χ2v) is 5.90. The van der Waals surface area contributed by atoms with Gasteiger partial charge >= 0.3 is 5.97 Å². The number of nitrogens with zero attached hydrogens (tertiary/aromatic N) is 1. The van der Waals surface area contributed by atoms with E-state index >= 15 is 0 Å². The van der Waals surface area contributed by atoms with Crippen molar-refractivity contribution in [3.8, 4) is 11.5 Å². The summed E-state index contributed by atoms with van der Waals surface area (Å²) < 4.78 is 10.4. The molecule has 2 unspecified atom stereocenters. The number of carboxylic acid groups (broad SMARTS) is 1. The van der Waals surface area contributed by atoms with E-state index in [1.54, 1.807) is 32.2 Å². The first-order chi connectivity index (χ1) is 11.5. The van der Waals surface area contributed by atoms with Gasteiger partial charge < -0.3 is 19.9 Å². The van der Waals surface area contributed by atoms with Gasteiger partial charge in [0, 0.05) is 12.6 Å². The Balaban J connectivity index is 2.07. The Kier molecular flexibility index (Phi) is 6.03. The van der Waals surface area contributed by atoms with Crippen molar-refractivity contribution in [3.63, 3.8) is 0 Å². The number of rotatable bonds is 6. The first kappa shape index (κ1) is 18.1. The summed E-state index contributed by atoms with van der Waals surface area (Å²) in [5.74, 6) is -0.268. The summed E-state index contributed by atoms with van der Waals surface area (Å²) in [6.07, 6.45) is 1.43. The van der Waals surface area contributed by atoms with E-state index in [0.717, 1.165) is 6.42 Å². The standard InChI is InChI=1S/C17H24N2O5/c1-11(19-8-4-5-12(10-19)17(21)22)16(20)18-14-9-13(23-2)6-7-15(14)24-3/h6-7,9,11-12H,4-5,8,10H2,1-3H3,(H,18,20)(H,21,22). The third-order valence-electron chi connectivity index (χ3n) is 4.39. The monoisotopic (exact) mass is 336 g/mol. The van der Waals surface area contributed by atoms with Crippen molar-refractivity contribution in [1.82, 2.24) is 4.90 Å². The Hall–Kier alpha value is -2.28. The van der Waals surface area contributed by atoms with Crippen molar-refractivity contribution in [2.75, 3.05) is 32.6 Å². The van der Waals surface area contributed by atoms with Crippen LogP contribution in [0.3, 0.4) is 0 Å². The highest BCUT2D eigenvalue weighted by molar-refractivity contribution is 5.96. The number of hydrogen-bond acceptors (Lipinski definition) is 5. The molecule has 1 aromatic carbocycles. The molecular formula is C17H24N2O5. The number of likely N-dealkylation sites (tertiary alicyclic amines) is 1. The summed E-state index contributed by atoms with van der Waals surface area (Å²) in [7, 11) is 3.08. The molecule has 7 heteroatoms. The average molecular weight is 336 g/mol. The highest BCUT2D eigenvalue weighted by Crippen LogP contribution is 2.29. The van der Waals surface area contributed by atoms with Crippen molar-refractivity contribution in [1.29, 1.82) is 0 Å². The fourth-order valence-electron chi connectivity index (χ4n) is 2.87. The van der Waals surface area contributed by atoms with Gasteiger partial charge in [-0.05, 0) is 38.4 Å². The number of aliphatic carboxylic acids is 1. The van der Waals surface area contributed by atoms with Crippen LogP contribution in [0.2, 0.25) is 0 Å². The number of ether oxygens (including phenoxy) is 2. The first-order valence-corrected chi connectivity index (χ1v) is 7.96. The second-order valence-electron chi connectivity index (χ2n) is 5.90. The lowest BCUT2D eigenvalue weighted by Crippen LogP contribution is -2.48. The van der Waals surface area contributed by atoms with Crippen LogP contribution in [0.4, 0.5) is 5.69 Å². The normalized spacial score (nSPS) is 19.4. The molecule has 132 valence electrons. The van der Waals surface area contributed by atoms with Gasteiger partial charge in [-0.1, -0.05) is 0 Å². The zero-order valence-corrected chi connectivity index (χ0v) is 14.2. The summed E-state index contributed by atoms with van der Waals surface area (Å²) >= 11 is 0. The molecule has 0 spiro atoms. The molecule has 0 aromatic heterocycles. The van der Waals surface area contributed by atoms with Crippen molar-refractivity contribution < 1.29 is 24.2 Å². The second kappa shape index (κ2) is 8.01. The van der Waals surface area contributed by atoms with E-state index in [1.807, 2.05) is 4.90 Å². The number of carboxylic acids is 1. The molecule has 1 aromatic rings. The summed E-state index contributed by atoms with van der Waals surface area (Å²) in [6.45, 7) is 2.89. The largest absolute Gasteiger partial charge is 0.497 e. The summed E-state index contributed by atoms with van der Waals surface area (Å²) in [6, 6.07) is 4.74. The van der Waals surface area contributed by atoms with Gasteiger partial charge in [0.05, 0.1) is 31.9 Å². The molecular weight excluding hydrogens is 312 g/mol. The fraction of sp³-hybridized carbons (Fsp3) is 0.529. The molecule has 1 saturated heterocycles. The van der Waals surface area contributed by atoms with Crippen LogP contribution in [-0.2, 0) is 9.59 Å². The highest BCUT2D eigenvalue weighted by atomic mass is 16.5. The van der Waals surface area contributed by atoms with E-state index in [1.165, 1.54) is 7.11 Å². The number of methoxy groups -OCH3 is 2. The van der Waals surface area contributed by atoms with Crippen LogP contribution < -0.4 is 14.8 Å². The van der Waals surface area contributed by atoms with E-state index in [9.17, 15) is 14.7 Å². The number of carbonyl (C=O) groups excluding carboxylic acids is 1. The topological polar surface area (TPSA) is 88.1 Å². The molecule has 0 radical (unpaired) electrons. The van der Waals surface area contributed by atoms with Gasteiger partial charge in [-0.15, -0.1) is 0 Å². The maximum Gasteiger partial charge on any atom is 0.307 e. The van der Waals surface area contributed by atoms with Gasteiger partial charge in [0.1, 0.15) is 11.5 Å². The van der Waals surface area contributed by atoms with E-state index in [0.29, 0.717) is 36.7 Å². The molecule has 1 aliphatic rings.